The van der Waals surface area contributed by atoms with Gasteiger partial charge in [0.1, 0.15) is 11.5 Å². The highest BCUT2D eigenvalue weighted by Gasteiger charge is 2.41. The van der Waals surface area contributed by atoms with Crippen LogP contribution in [0.1, 0.15) is 37.2 Å². The van der Waals surface area contributed by atoms with Crippen molar-refractivity contribution in [2.75, 3.05) is 0 Å². The normalized spacial score (nSPS) is 33.5. The molecule has 2 bridgehead atoms. The molecule has 2 fully saturated rings. The number of benzene rings is 1. The minimum absolute atomic E-state index is 0.269. The highest BCUT2D eigenvalue weighted by molar-refractivity contribution is 5.42. The first-order chi connectivity index (χ1) is 7.24. The van der Waals surface area contributed by atoms with Crippen LogP contribution in [0.5, 0.6) is 11.5 Å². The third-order valence-electron chi connectivity index (χ3n) is 4.15. The fourth-order valence-electron chi connectivity index (χ4n) is 3.46. The lowest BCUT2D eigenvalue weighted by Gasteiger charge is -2.22. The summed E-state index contributed by atoms with van der Waals surface area (Å²) in [6.07, 6.45) is 5.17. The molecule has 80 valence electrons. The Hall–Kier alpha value is -1.18. The van der Waals surface area contributed by atoms with Crippen molar-refractivity contribution in [3.8, 4) is 11.5 Å². The molecule has 3 atom stereocenters. The van der Waals surface area contributed by atoms with Gasteiger partial charge in [0, 0.05) is 5.56 Å². The zero-order chi connectivity index (χ0) is 10.4. The molecule has 0 radical (unpaired) electrons. The zero-order valence-electron chi connectivity index (χ0n) is 8.69. The molecule has 0 amide bonds. The predicted molar refractivity (Wildman–Crippen MR) is 58.0 cm³/mol. The van der Waals surface area contributed by atoms with Gasteiger partial charge in [-0.25, -0.2) is 0 Å². The van der Waals surface area contributed by atoms with E-state index in [4.69, 9.17) is 0 Å². The molecule has 3 rings (SSSR count). The fraction of sp³-hybridized carbons (Fsp3) is 0.538. The lowest BCUT2D eigenvalue weighted by atomic mass is 9.83. The second kappa shape index (κ2) is 3.16. The van der Waals surface area contributed by atoms with Crippen molar-refractivity contribution in [2.45, 2.75) is 31.6 Å². The van der Waals surface area contributed by atoms with Crippen LogP contribution in [-0.2, 0) is 0 Å². The maximum absolute atomic E-state index is 9.81. The molecule has 0 aromatic heterocycles. The second-order valence-electron chi connectivity index (χ2n) is 5.02. The third-order valence-corrected chi connectivity index (χ3v) is 4.15. The van der Waals surface area contributed by atoms with Crippen molar-refractivity contribution in [2.24, 2.45) is 11.8 Å². The Kier molecular flexibility index (Phi) is 1.91. The number of rotatable bonds is 1. The van der Waals surface area contributed by atoms with E-state index in [0.29, 0.717) is 11.7 Å². The van der Waals surface area contributed by atoms with Crippen molar-refractivity contribution < 1.29 is 10.2 Å². The number of hydrogen-bond donors (Lipinski definition) is 2. The van der Waals surface area contributed by atoms with Gasteiger partial charge < -0.3 is 10.2 Å². The summed E-state index contributed by atoms with van der Waals surface area (Å²) in [6, 6.07) is 4.89. The van der Waals surface area contributed by atoms with Gasteiger partial charge in [-0.15, -0.1) is 0 Å². The number of fused-ring (bicyclic) bond motifs is 2. The topological polar surface area (TPSA) is 40.5 Å². The summed E-state index contributed by atoms with van der Waals surface area (Å²) >= 11 is 0. The lowest BCUT2D eigenvalue weighted by Crippen LogP contribution is -2.08. The lowest BCUT2D eigenvalue weighted by molar-refractivity contribution is 0.393. The van der Waals surface area contributed by atoms with Crippen LogP contribution >= 0.6 is 0 Å². The maximum atomic E-state index is 9.81. The standard InChI is InChI=1S/C13H16O2/c14-10-3-4-13(15)12(7-10)11-6-8-1-2-9(11)5-8/h3-4,7-9,11,14-15H,1-2,5-6H2/t8-,9+,11+/m1/s1. The molecule has 2 saturated carbocycles. The number of hydrogen-bond acceptors (Lipinski definition) is 2. The van der Waals surface area contributed by atoms with E-state index in [1.165, 1.54) is 25.7 Å². The molecular formula is C13H16O2. The van der Waals surface area contributed by atoms with E-state index in [2.05, 4.69) is 0 Å². The molecule has 2 N–H and O–H groups in total. The van der Waals surface area contributed by atoms with E-state index in [-0.39, 0.29) is 5.75 Å². The van der Waals surface area contributed by atoms with Crippen molar-refractivity contribution in [1.29, 1.82) is 0 Å². The van der Waals surface area contributed by atoms with Crippen LogP contribution in [0.2, 0.25) is 0 Å². The largest absolute Gasteiger partial charge is 0.508 e. The van der Waals surface area contributed by atoms with E-state index in [1.54, 1.807) is 18.2 Å². The third kappa shape index (κ3) is 1.39. The molecule has 1 aromatic rings. The monoisotopic (exact) mass is 204 g/mol. The summed E-state index contributed by atoms with van der Waals surface area (Å²) in [5.41, 5.74) is 0.960. The summed E-state index contributed by atoms with van der Waals surface area (Å²) in [6.45, 7) is 0. The summed E-state index contributed by atoms with van der Waals surface area (Å²) in [5.74, 6) is 2.70. The van der Waals surface area contributed by atoms with E-state index >= 15 is 0 Å². The summed E-state index contributed by atoms with van der Waals surface area (Å²) in [5, 5.41) is 19.3. The van der Waals surface area contributed by atoms with Crippen molar-refractivity contribution in [1.82, 2.24) is 0 Å². The van der Waals surface area contributed by atoms with Crippen LogP contribution in [0.15, 0.2) is 18.2 Å². The molecule has 0 aliphatic heterocycles. The Labute approximate surface area is 89.6 Å². The summed E-state index contributed by atoms with van der Waals surface area (Å²) in [7, 11) is 0. The van der Waals surface area contributed by atoms with Gasteiger partial charge in [-0.1, -0.05) is 6.42 Å². The smallest absolute Gasteiger partial charge is 0.119 e. The van der Waals surface area contributed by atoms with E-state index in [1.807, 2.05) is 0 Å². The molecule has 0 heterocycles. The molecule has 0 saturated heterocycles. The Balaban J connectivity index is 1.96. The molecule has 15 heavy (non-hydrogen) atoms. The first-order valence-electron chi connectivity index (χ1n) is 5.76. The second-order valence-corrected chi connectivity index (χ2v) is 5.02. The Morgan fingerprint density at radius 1 is 1.07 bits per heavy atom. The van der Waals surface area contributed by atoms with Gasteiger partial charge in [0.25, 0.3) is 0 Å². The Morgan fingerprint density at radius 2 is 1.93 bits per heavy atom. The Morgan fingerprint density at radius 3 is 2.60 bits per heavy atom. The molecular weight excluding hydrogens is 188 g/mol. The highest BCUT2D eigenvalue weighted by atomic mass is 16.3. The van der Waals surface area contributed by atoms with E-state index < -0.39 is 0 Å². The van der Waals surface area contributed by atoms with Gasteiger partial charge in [0.2, 0.25) is 0 Å². The Bertz CT molecular complexity index is 386. The van der Waals surface area contributed by atoms with Gasteiger partial charge in [-0.2, -0.15) is 0 Å². The number of phenols is 2. The molecule has 2 aliphatic rings. The van der Waals surface area contributed by atoms with Gasteiger partial charge in [0.05, 0.1) is 0 Å². The quantitative estimate of drug-likeness (QED) is 0.690. The molecule has 2 heteroatoms. The number of aromatic hydroxyl groups is 2. The molecule has 2 aliphatic carbocycles. The van der Waals surface area contributed by atoms with E-state index in [9.17, 15) is 10.2 Å². The van der Waals surface area contributed by atoms with Gasteiger partial charge in [-0.05, 0) is 55.2 Å². The molecule has 0 spiro atoms. The average molecular weight is 204 g/mol. The van der Waals surface area contributed by atoms with Crippen molar-refractivity contribution in [3.05, 3.63) is 23.8 Å². The molecule has 2 nitrogen and oxygen atoms in total. The SMILES string of the molecule is Oc1ccc(O)c([C@H]2C[C@@H]3CC[C@H]2C3)c1. The van der Waals surface area contributed by atoms with Crippen LogP contribution in [0.4, 0.5) is 0 Å². The van der Waals surface area contributed by atoms with Crippen LogP contribution in [0.25, 0.3) is 0 Å². The predicted octanol–water partition coefficient (Wildman–Crippen LogP) is 3.00. The van der Waals surface area contributed by atoms with Crippen LogP contribution in [0, 0.1) is 11.8 Å². The van der Waals surface area contributed by atoms with Crippen LogP contribution < -0.4 is 0 Å². The maximum Gasteiger partial charge on any atom is 0.119 e. The minimum Gasteiger partial charge on any atom is -0.508 e. The van der Waals surface area contributed by atoms with Crippen LogP contribution in [-0.4, -0.2) is 10.2 Å². The highest BCUT2D eigenvalue weighted by Crippen LogP contribution is 2.54. The van der Waals surface area contributed by atoms with Crippen molar-refractivity contribution in [3.63, 3.8) is 0 Å². The summed E-state index contributed by atoms with van der Waals surface area (Å²) in [4.78, 5) is 0. The first-order valence-corrected chi connectivity index (χ1v) is 5.76. The summed E-state index contributed by atoms with van der Waals surface area (Å²) < 4.78 is 0. The van der Waals surface area contributed by atoms with Gasteiger partial charge in [0.15, 0.2) is 0 Å². The van der Waals surface area contributed by atoms with Gasteiger partial charge in [-0.3, -0.25) is 0 Å². The molecule has 1 aromatic carbocycles. The first kappa shape index (κ1) is 9.08. The number of phenolic OH excluding ortho intramolecular Hbond substituents is 2. The van der Waals surface area contributed by atoms with Crippen LogP contribution in [0.3, 0.4) is 0 Å². The zero-order valence-corrected chi connectivity index (χ0v) is 8.69. The minimum atomic E-state index is 0.269. The van der Waals surface area contributed by atoms with Crippen molar-refractivity contribution >= 4 is 0 Å². The molecule has 0 unspecified atom stereocenters. The average Bonchev–Trinajstić information content (AvgIpc) is 2.83. The van der Waals surface area contributed by atoms with E-state index in [0.717, 1.165) is 17.4 Å². The fourth-order valence-corrected chi connectivity index (χ4v) is 3.46. The van der Waals surface area contributed by atoms with Gasteiger partial charge >= 0.3 is 0 Å².